The Balaban J connectivity index is 1.56. The van der Waals surface area contributed by atoms with E-state index in [4.69, 9.17) is 14.2 Å². The molecule has 0 aliphatic carbocycles. The molecule has 0 radical (unpaired) electrons. The van der Waals surface area contributed by atoms with Gasteiger partial charge in [-0.1, -0.05) is 30.3 Å². The molecule has 3 aromatic carbocycles. The van der Waals surface area contributed by atoms with Crippen molar-refractivity contribution in [3.05, 3.63) is 95.6 Å². The standard InChI is InChI=1S/C30H29NO6/c1-2-35-22-15-13-20(14-16-22)28(32)26-27(31(30(34)29(26)33)19-25-12-7-17-36-25)21-8-6-11-24(18-21)37-23-9-4-3-5-10-23/h3-6,8-11,13-16,18,25,27,32H,2,7,12,17,19H2,1H3/b28-26-. The minimum atomic E-state index is -0.782. The van der Waals surface area contributed by atoms with E-state index in [1.54, 1.807) is 30.3 Å². The molecule has 37 heavy (non-hydrogen) atoms. The predicted octanol–water partition coefficient (Wildman–Crippen LogP) is 5.48. The summed E-state index contributed by atoms with van der Waals surface area (Å²) in [6, 6.07) is 22.7. The average molecular weight is 500 g/mol. The highest BCUT2D eigenvalue weighted by atomic mass is 16.5. The molecule has 2 heterocycles. The first-order chi connectivity index (χ1) is 18.0. The van der Waals surface area contributed by atoms with Crippen LogP contribution in [0.25, 0.3) is 5.76 Å². The molecule has 2 aliphatic heterocycles. The third kappa shape index (κ3) is 5.22. The lowest BCUT2D eigenvalue weighted by atomic mass is 9.95. The van der Waals surface area contributed by atoms with Gasteiger partial charge in [0.25, 0.3) is 11.7 Å². The van der Waals surface area contributed by atoms with Crippen LogP contribution >= 0.6 is 0 Å². The molecule has 0 aromatic heterocycles. The van der Waals surface area contributed by atoms with Crippen molar-refractivity contribution >= 4 is 17.4 Å². The molecule has 1 N–H and O–H groups in total. The second-order valence-electron chi connectivity index (χ2n) is 9.03. The molecule has 2 atom stereocenters. The van der Waals surface area contributed by atoms with Crippen LogP contribution in [0.2, 0.25) is 0 Å². The molecule has 7 nitrogen and oxygen atoms in total. The highest BCUT2D eigenvalue weighted by Crippen LogP contribution is 2.41. The van der Waals surface area contributed by atoms with Crippen molar-refractivity contribution in [3.8, 4) is 17.2 Å². The van der Waals surface area contributed by atoms with Gasteiger partial charge in [0.15, 0.2) is 0 Å². The van der Waals surface area contributed by atoms with Gasteiger partial charge < -0.3 is 24.2 Å². The number of amides is 1. The molecule has 2 saturated heterocycles. The number of carbonyl (C=O) groups is 2. The van der Waals surface area contributed by atoms with Gasteiger partial charge in [0.2, 0.25) is 0 Å². The van der Waals surface area contributed by atoms with E-state index in [1.807, 2.05) is 55.5 Å². The van der Waals surface area contributed by atoms with Crippen LogP contribution in [0.1, 0.15) is 36.9 Å². The van der Waals surface area contributed by atoms with Crippen LogP contribution in [0.15, 0.2) is 84.4 Å². The Morgan fingerprint density at radius 2 is 1.73 bits per heavy atom. The van der Waals surface area contributed by atoms with Crippen LogP contribution in [-0.4, -0.2) is 47.6 Å². The zero-order valence-electron chi connectivity index (χ0n) is 20.6. The van der Waals surface area contributed by atoms with E-state index in [2.05, 4.69) is 0 Å². The first kappa shape index (κ1) is 24.6. The molecule has 2 aliphatic rings. The lowest BCUT2D eigenvalue weighted by Gasteiger charge is -2.27. The molecule has 3 aromatic rings. The van der Waals surface area contributed by atoms with Crippen molar-refractivity contribution in [2.75, 3.05) is 19.8 Å². The van der Waals surface area contributed by atoms with E-state index < -0.39 is 17.7 Å². The van der Waals surface area contributed by atoms with Gasteiger partial charge in [0.05, 0.1) is 24.3 Å². The summed E-state index contributed by atoms with van der Waals surface area (Å²) in [6.07, 6.45) is 1.56. The summed E-state index contributed by atoms with van der Waals surface area (Å²) in [6.45, 7) is 3.30. The first-order valence-corrected chi connectivity index (χ1v) is 12.5. The fraction of sp³-hybridized carbons (Fsp3) is 0.267. The molecule has 0 spiro atoms. The number of ketones is 1. The number of hydrogen-bond acceptors (Lipinski definition) is 6. The number of ether oxygens (including phenoxy) is 3. The maximum Gasteiger partial charge on any atom is 0.295 e. The summed E-state index contributed by atoms with van der Waals surface area (Å²) >= 11 is 0. The highest BCUT2D eigenvalue weighted by Gasteiger charge is 2.47. The van der Waals surface area contributed by atoms with Crippen molar-refractivity contribution in [3.63, 3.8) is 0 Å². The summed E-state index contributed by atoms with van der Waals surface area (Å²) in [7, 11) is 0. The summed E-state index contributed by atoms with van der Waals surface area (Å²) in [5.41, 5.74) is 1.14. The van der Waals surface area contributed by atoms with Crippen LogP contribution in [0.5, 0.6) is 17.2 Å². The van der Waals surface area contributed by atoms with Crippen molar-refractivity contribution in [1.29, 1.82) is 0 Å². The van der Waals surface area contributed by atoms with Gasteiger partial charge in [0.1, 0.15) is 23.0 Å². The number of nitrogens with zero attached hydrogens (tertiary/aromatic N) is 1. The van der Waals surface area contributed by atoms with Gasteiger partial charge >= 0.3 is 0 Å². The fourth-order valence-electron chi connectivity index (χ4n) is 4.83. The van der Waals surface area contributed by atoms with E-state index in [0.717, 1.165) is 12.8 Å². The number of rotatable bonds is 8. The third-order valence-electron chi connectivity index (χ3n) is 6.56. The average Bonchev–Trinajstić information content (AvgIpc) is 3.52. The molecule has 5 rings (SSSR count). The van der Waals surface area contributed by atoms with Gasteiger partial charge in [-0.15, -0.1) is 0 Å². The number of para-hydroxylation sites is 1. The Labute approximate surface area is 215 Å². The van der Waals surface area contributed by atoms with E-state index in [0.29, 0.717) is 41.6 Å². The molecule has 190 valence electrons. The maximum atomic E-state index is 13.3. The van der Waals surface area contributed by atoms with Gasteiger partial charge in [-0.2, -0.15) is 0 Å². The second-order valence-corrected chi connectivity index (χ2v) is 9.03. The highest BCUT2D eigenvalue weighted by molar-refractivity contribution is 6.46. The minimum Gasteiger partial charge on any atom is -0.507 e. The smallest absolute Gasteiger partial charge is 0.295 e. The predicted molar refractivity (Wildman–Crippen MR) is 139 cm³/mol. The van der Waals surface area contributed by atoms with Crippen LogP contribution in [0.4, 0.5) is 0 Å². The monoisotopic (exact) mass is 499 g/mol. The number of aliphatic hydroxyl groups excluding tert-OH is 1. The molecule has 0 saturated carbocycles. The number of Topliss-reactive ketones (excluding diaryl/α,β-unsaturated/α-hetero) is 1. The van der Waals surface area contributed by atoms with Gasteiger partial charge in [0, 0.05) is 18.7 Å². The van der Waals surface area contributed by atoms with Gasteiger partial charge in [-0.3, -0.25) is 9.59 Å². The maximum absolute atomic E-state index is 13.3. The SMILES string of the molecule is CCOc1ccc(/C(O)=C2/C(=O)C(=O)N(CC3CCCO3)C2c2cccc(Oc3ccccc3)c2)cc1. The zero-order valence-corrected chi connectivity index (χ0v) is 20.6. The quantitative estimate of drug-likeness (QED) is 0.251. The fourth-order valence-corrected chi connectivity index (χ4v) is 4.83. The Morgan fingerprint density at radius 1 is 0.973 bits per heavy atom. The molecular formula is C30H29NO6. The van der Waals surface area contributed by atoms with Crippen LogP contribution in [0, 0.1) is 0 Å². The number of carbonyl (C=O) groups excluding carboxylic acids is 2. The molecule has 2 fully saturated rings. The van der Waals surface area contributed by atoms with Crippen molar-refractivity contribution < 1.29 is 28.9 Å². The number of aliphatic hydroxyl groups is 1. The number of benzene rings is 3. The normalized spacial score (nSPS) is 20.8. The van der Waals surface area contributed by atoms with Crippen molar-refractivity contribution in [2.24, 2.45) is 0 Å². The largest absolute Gasteiger partial charge is 0.507 e. The second kappa shape index (κ2) is 10.9. The zero-order chi connectivity index (χ0) is 25.8. The Morgan fingerprint density at radius 3 is 2.43 bits per heavy atom. The van der Waals surface area contributed by atoms with Crippen LogP contribution in [-0.2, 0) is 14.3 Å². The summed E-state index contributed by atoms with van der Waals surface area (Å²) < 4.78 is 17.3. The molecule has 7 heteroatoms. The molecule has 1 amide bonds. The van der Waals surface area contributed by atoms with E-state index >= 15 is 0 Å². The minimum absolute atomic E-state index is 0.0454. The molecule has 2 unspecified atom stereocenters. The number of likely N-dealkylation sites (tertiary alicyclic amines) is 1. The van der Waals surface area contributed by atoms with E-state index in [-0.39, 0.29) is 24.0 Å². The summed E-state index contributed by atoms with van der Waals surface area (Å²) in [5, 5.41) is 11.3. The van der Waals surface area contributed by atoms with Gasteiger partial charge in [-0.25, -0.2) is 0 Å². The van der Waals surface area contributed by atoms with Crippen LogP contribution < -0.4 is 9.47 Å². The topological polar surface area (TPSA) is 85.3 Å². The molecule has 0 bridgehead atoms. The lowest BCUT2D eigenvalue weighted by molar-refractivity contribution is -0.140. The summed E-state index contributed by atoms with van der Waals surface area (Å²) in [5.74, 6) is 0.289. The Kier molecular flexibility index (Phi) is 7.23. The van der Waals surface area contributed by atoms with E-state index in [9.17, 15) is 14.7 Å². The van der Waals surface area contributed by atoms with Crippen LogP contribution in [0.3, 0.4) is 0 Å². The molecular weight excluding hydrogens is 470 g/mol. The van der Waals surface area contributed by atoms with Crippen molar-refractivity contribution in [1.82, 2.24) is 4.90 Å². The Hall–Kier alpha value is -4.10. The first-order valence-electron chi connectivity index (χ1n) is 12.5. The number of hydrogen-bond donors (Lipinski definition) is 1. The van der Waals surface area contributed by atoms with Crippen molar-refractivity contribution in [2.45, 2.75) is 31.9 Å². The van der Waals surface area contributed by atoms with E-state index in [1.165, 1.54) is 4.90 Å². The third-order valence-corrected chi connectivity index (χ3v) is 6.56. The summed E-state index contributed by atoms with van der Waals surface area (Å²) in [4.78, 5) is 28.1. The lowest BCUT2D eigenvalue weighted by Crippen LogP contribution is -2.36. The van der Waals surface area contributed by atoms with Gasteiger partial charge in [-0.05, 0) is 73.9 Å². The Bertz CT molecular complexity index is 1300.